The molecule has 5 aromatic carbocycles. The molecule has 1 fully saturated rings. The molecule has 5 aromatic rings. The molecule has 0 saturated carbocycles. The van der Waals surface area contributed by atoms with Crippen molar-refractivity contribution in [2.75, 3.05) is 56.5 Å². The van der Waals surface area contributed by atoms with Crippen LogP contribution in [0.5, 0.6) is 11.5 Å². The summed E-state index contributed by atoms with van der Waals surface area (Å²) in [5, 5.41) is 1.69. The maximum Gasteiger partial charge on any atom is 0.275 e. The van der Waals surface area contributed by atoms with E-state index < -0.39 is 36.0 Å². The van der Waals surface area contributed by atoms with Gasteiger partial charge < -0.3 is 13.9 Å². The van der Waals surface area contributed by atoms with Crippen LogP contribution in [0.2, 0.25) is 23.2 Å². The number of benzene rings is 5. The minimum Gasteiger partial charge on any atom is -0.457 e. The highest BCUT2D eigenvalue weighted by molar-refractivity contribution is 7.92. The van der Waals surface area contributed by atoms with Crippen molar-refractivity contribution >= 4 is 41.5 Å². The van der Waals surface area contributed by atoms with E-state index in [1.807, 2.05) is 91.0 Å². The van der Waals surface area contributed by atoms with Gasteiger partial charge in [0.15, 0.2) is 13.9 Å². The van der Waals surface area contributed by atoms with Crippen LogP contribution >= 0.6 is 11.6 Å². The second kappa shape index (κ2) is 19.5. The zero-order valence-electron chi connectivity index (χ0n) is 35.3. The van der Waals surface area contributed by atoms with Crippen LogP contribution in [0.15, 0.2) is 140 Å². The highest BCUT2D eigenvalue weighted by atomic mass is 35.5. The van der Waals surface area contributed by atoms with Gasteiger partial charge >= 0.3 is 0 Å². The van der Waals surface area contributed by atoms with Gasteiger partial charge in [-0.2, -0.15) is 0 Å². The van der Waals surface area contributed by atoms with E-state index >= 15 is 4.79 Å². The Morgan fingerprint density at radius 2 is 1.23 bits per heavy atom. The van der Waals surface area contributed by atoms with Crippen LogP contribution in [-0.4, -0.2) is 90.9 Å². The summed E-state index contributed by atoms with van der Waals surface area (Å²) in [6, 6.07) is 43.3. The van der Waals surface area contributed by atoms with Crippen LogP contribution in [0, 0.1) is 0 Å². The zero-order valence-corrected chi connectivity index (χ0v) is 37.9. The van der Waals surface area contributed by atoms with Gasteiger partial charge in [0.05, 0.1) is 38.2 Å². The number of hydroxylamine groups is 2. The van der Waals surface area contributed by atoms with Crippen molar-refractivity contribution in [3.63, 3.8) is 0 Å². The quantitative estimate of drug-likeness (QED) is 0.0519. The lowest BCUT2D eigenvalue weighted by atomic mass is 9.80. The number of hydrogen-bond acceptors (Lipinski definition) is 8. The summed E-state index contributed by atoms with van der Waals surface area (Å²) in [6.45, 7) is 13.3. The molecule has 1 aliphatic rings. The Kier molecular flexibility index (Phi) is 14.6. The van der Waals surface area contributed by atoms with Gasteiger partial charge in [-0.25, -0.2) is 18.3 Å². The molecule has 13 heteroatoms. The first-order chi connectivity index (χ1) is 28.6. The largest absolute Gasteiger partial charge is 0.457 e. The lowest BCUT2D eigenvalue weighted by Crippen LogP contribution is -2.56. The third-order valence-electron chi connectivity index (χ3n) is 11.2. The number of amides is 1. The number of sulfonamides is 1. The first-order valence-electron chi connectivity index (χ1n) is 20.2. The van der Waals surface area contributed by atoms with Crippen molar-refractivity contribution in [3.8, 4) is 11.5 Å². The number of ether oxygens (including phenoxy) is 2. The van der Waals surface area contributed by atoms with Crippen LogP contribution in [0.25, 0.3) is 0 Å². The van der Waals surface area contributed by atoms with Crippen LogP contribution in [-0.2, 0) is 34.4 Å². The SMILES string of the molecule is CC(C)(C)[Si](C)(C)O[C@@H](CN(c1ccc(Oc2ccc(Cl)cc2)cc1)S(C)(=O)=O)C(=O)N(CCN1CCOCC1)OC(c1ccccc1)(c1ccccc1)c1ccccc1. The monoisotopic (exact) mass is 869 g/mol. The summed E-state index contributed by atoms with van der Waals surface area (Å²) >= 11 is 6.06. The summed E-state index contributed by atoms with van der Waals surface area (Å²) in [6.07, 6.45) is -0.119. The number of morpholine rings is 1. The van der Waals surface area contributed by atoms with E-state index in [-0.39, 0.29) is 18.1 Å². The molecule has 60 heavy (non-hydrogen) atoms. The van der Waals surface area contributed by atoms with E-state index in [4.69, 9.17) is 30.3 Å². The molecule has 0 aromatic heterocycles. The highest BCUT2D eigenvalue weighted by Crippen LogP contribution is 2.42. The Morgan fingerprint density at radius 3 is 1.68 bits per heavy atom. The van der Waals surface area contributed by atoms with Crippen molar-refractivity contribution in [1.82, 2.24) is 9.96 Å². The molecule has 0 spiro atoms. The molecule has 1 saturated heterocycles. The predicted molar refractivity (Wildman–Crippen MR) is 241 cm³/mol. The maximum atomic E-state index is 15.7. The summed E-state index contributed by atoms with van der Waals surface area (Å²) in [7, 11) is -6.70. The molecule has 1 heterocycles. The molecule has 0 N–H and O–H groups in total. The summed E-state index contributed by atoms with van der Waals surface area (Å²) in [5.74, 6) is 0.591. The lowest BCUT2D eigenvalue weighted by molar-refractivity contribution is -0.229. The van der Waals surface area contributed by atoms with Gasteiger partial charge in [-0.15, -0.1) is 0 Å². The lowest BCUT2D eigenvalue weighted by Gasteiger charge is -2.43. The van der Waals surface area contributed by atoms with Gasteiger partial charge in [0.1, 0.15) is 17.6 Å². The topological polar surface area (TPSA) is 97.8 Å². The average molecular weight is 871 g/mol. The van der Waals surface area contributed by atoms with Crippen molar-refractivity contribution < 1.29 is 31.9 Å². The van der Waals surface area contributed by atoms with Crippen LogP contribution < -0.4 is 9.04 Å². The summed E-state index contributed by atoms with van der Waals surface area (Å²) in [4.78, 5) is 25.3. The zero-order chi connectivity index (χ0) is 43.0. The Bertz CT molecular complexity index is 2140. The molecule has 6 rings (SSSR count). The van der Waals surface area contributed by atoms with Crippen molar-refractivity contribution in [3.05, 3.63) is 161 Å². The molecule has 10 nitrogen and oxygen atoms in total. The number of nitrogens with zero attached hydrogens (tertiary/aromatic N) is 3. The third-order valence-corrected chi connectivity index (χ3v) is 17.1. The van der Waals surface area contributed by atoms with E-state index in [1.54, 1.807) is 48.5 Å². The van der Waals surface area contributed by atoms with E-state index in [0.29, 0.717) is 55.1 Å². The van der Waals surface area contributed by atoms with Crippen molar-refractivity contribution in [2.45, 2.75) is 50.6 Å². The van der Waals surface area contributed by atoms with E-state index in [1.165, 1.54) is 9.37 Å². The van der Waals surface area contributed by atoms with Gasteiger partial charge in [-0.1, -0.05) is 123 Å². The van der Waals surface area contributed by atoms with E-state index in [0.717, 1.165) is 22.9 Å². The van der Waals surface area contributed by atoms with Gasteiger partial charge in [0.25, 0.3) is 5.91 Å². The number of hydrogen-bond donors (Lipinski definition) is 0. The second-order valence-corrected chi connectivity index (χ2v) is 23.6. The molecule has 1 aliphatic heterocycles. The minimum absolute atomic E-state index is 0.167. The van der Waals surface area contributed by atoms with Gasteiger partial charge in [0, 0.05) is 24.7 Å². The molecule has 0 bridgehead atoms. The predicted octanol–water partition coefficient (Wildman–Crippen LogP) is 9.37. The Morgan fingerprint density at radius 1 is 0.767 bits per heavy atom. The molecule has 1 amide bonds. The normalized spacial score (nSPS) is 14.7. The van der Waals surface area contributed by atoms with Crippen molar-refractivity contribution in [2.24, 2.45) is 0 Å². The molecule has 1 atom stereocenters. The number of carbonyl (C=O) groups excluding carboxylic acids is 1. The van der Waals surface area contributed by atoms with E-state index in [2.05, 4.69) is 38.8 Å². The number of halogens is 1. The maximum absolute atomic E-state index is 15.7. The number of carbonyl (C=O) groups is 1. The first kappa shape index (κ1) is 45.0. The van der Waals surface area contributed by atoms with Crippen LogP contribution in [0.4, 0.5) is 5.69 Å². The fourth-order valence-corrected chi connectivity index (χ4v) is 9.14. The average Bonchev–Trinajstić information content (AvgIpc) is 3.24. The van der Waals surface area contributed by atoms with Gasteiger partial charge in [-0.3, -0.25) is 14.0 Å². The second-order valence-electron chi connectivity index (χ2n) is 16.5. The Balaban J connectivity index is 1.45. The van der Waals surface area contributed by atoms with Gasteiger partial charge in [-0.05, 0) is 83.4 Å². The van der Waals surface area contributed by atoms with Crippen molar-refractivity contribution in [1.29, 1.82) is 0 Å². The molecule has 0 aliphatic carbocycles. The fourth-order valence-electron chi connectivity index (χ4n) is 6.86. The standard InChI is InChI=1S/C47H56ClN3O7SSi/c1-46(2,3)60(5,6)57-44(36-51(59(4,53)54)41-24-28-43(29-25-41)56-42-26-22-40(48)23-27-42)45(52)50(31-30-49-32-34-55-35-33-49)58-47(37-16-10-7-11-17-37,38-18-12-8-13-19-38)39-20-14-9-15-21-39/h7-29,44H,30-36H2,1-6H3/t44-/m0/s1. The summed E-state index contributed by atoms with van der Waals surface area (Å²) < 4.78 is 47.5. The molecule has 0 unspecified atom stereocenters. The molecule has 318 valence electrons. The smallest absolute Gasteiger partial charge is 0.275 e. The van der Waals surface area contributed by atoms with E-state index in [9.17, 15) is 8.42 Å². The van der Waals surface area contributed by atoms with Crippen LogP contribution in [0.1, 0.15) is 37.5 Å². The Hall–Kier alpha value is -4.53. The third kappa shape index (κ3) is 11.0. The van der Waals surface area contributed by atoms with Crippen LogP contribution in [0.3, 0.4) is 0 Å². The van der Waals surface area contributed by atoms with Gasteiger partial charge in [0.2, 0.25) is 10.0 Å². The number of anilines is 1. The minimum atomic E-state index is -3.95. The summed E-state index contributed by atoms with van der Waals surface area (Å²) in [5.41, 5.74) is 1.50. The Labute approximate surface area is 361 Å². The first-order valence-corrected chi connectivity index (χ1v) is 25.4. The number of rotatable bonds is 17. The fraction of sp³-hybridized carbons (Fsp3) is 0.340. The highest BCUT2D eigenvalue weighted by Gasteiger charge is 2.46. The molecular formula is C47H56ClN3O7SSi. The molecular weight excluding hydrogens is 814 g/mol. The molecule has 0 radical (unpaired) electrons.